The van der Waals surface area contributed by atoms with E-state index in [1.54, 1.807) is 11.9 Å². The molecule has 0 bridgehead atoms. The molecule has 1 aliphatic heterocycles. The van der Waals surface area contributed by atoms with Crippen LogP contribution in [0.3, 0.4) is 0 Å². The van der Waals surface area contributed by atoms with E-state index in [1.165, 1.54) is 0 Å². The van der Waals surface area contributed by atoms with Gasteiger partial charge in [-0.1, -0.05) is 29.8 Å². The van der Waals surface area contributed by atoms with E-state index in [0.29, 0.717) is 12.8 Å². The Labute approximate surface area is 136 Å². The van der Waals surface area contributed by atoms with Crippen molar-refractivity contribution >= 4 is 23.2 Å². The molecule has 4 nitrogen and oxygen atoms in total. The Morgan fingerprint density at radius 1 is 1.17 bits per heavy atom. The van der Waals surface area contributed by atoms with Gasteiger partial charge in [0.25, 0.3) is 0 Å². The molecule has 0 aliphatic carbocycles. The summed E-state index contributed by atoms with van der Waals surface area (Å²) in [5.41, 5.74) is 4.96. The monoisotopic (exact) mass is 308 g/mol. The van der Waals surface area contributed by atoms with Crippen molar-refractivity contribution in [2.45, 2.75) is 26.2 Å². The van der Waals surface area contributed by atoms with Crippen LogP contribution < -0.4 is 10.2 Å². The Hall–Kier alpha value is -2.62. The lowest BCUT2D eigenvalue weighted by atomic mass is 10.0. The van der Waals surface area contributed by atoms with Crippen LogP contribution >= 0.6 is 0 Å². The standard InChI is InChI=1S/C19H20N2O2/c1-13-4-3-5-14(10-13)11-18(22)20-16-7-8-17-15(12-16)6-9-19(23)21(17)2/h3-5,7-8,10,12H,6,9,11H2,1-2H3,(H,20,22). The molecule has 1 N–H and O–H groups in total. The highest BCUT2D eigenvalue weighted by molar-refractivity contribution is 5.97. The Balaban J connectivity index is 1.71. The molecular weight excluding hydrogens is 288 g/mol. The number of rotatable bonds is 3. The van der Waals surface area contributed by atoms with Crippen molar-refractivity contribution in [3.8, 4) is 0 Å². The Kier molecular flexibility index (Phi) is 4.15. The predicted octanol–water partition coefficient (Wildman–Crippen LogP) is 3.09. The van der Waals surface area contributed by atoms with Crippen LogP contribution in [0, 0.1) is 6.92 Å². The minimum Gasteiger partial charge on any atom is -0.326 e. The first-order chi connectivity index (χ1) is 11.0. The molecule has 4 heteroatoms. The third-order valence-corrected chi connectivity index (χ3v) is 4.15. The van der Waals surface area contributed by atoms with Crippen LogP contribution in [-0.2, 0) is 22.4 Å². The van der Waals surface area contributed by atoms with Crippen LogP contribution in [0.15, 0.2) is 42.5 Å². The normalized spacial score (nSPS) is 13.7. The summed E-state index contributed by atoms with van der Waals surface area (Å²) in [5.74, 6) is 0.101. The summed E-state index contributed by atoms with van der Waals surface area (Å²) in [4.78, 5) is 25.6. The van der Waals surface area contributed by atoms with E-state index in [0.717, 1.165) is 34.5 Å². The predicted molar refractivity (Wildman–Crippen MR) is 91.7 cm³/mol. The van der Waals surface area contributed by atoms with E-state index in [9.17, 15) is 9.59 Å². The SMILES string of the molecule is Cc1cccc(CC(=O)Nc2ccc3c(c2)CCC(=O)N3C)c1. The highest BCUT2D eigenvalue weighted by atomic mass is 16.2. The average Bonchev–Trinajstić information content (AvgIpc) is 2.51. The molecule has 2 aromatic rings. The van der Waals surface area contributed by atoms with Crippen LogP contribution in [0.25, 0.3) is 0 Å². The fraction of sp³-hybridized carbons (Fsp3) is 0.263. The lowest BCUT2D eigenvalue weighted by molar-refractivity contribution is -0.118. The number of aryl methyl sites for hydroxylation is 2. The molecule has 1 heterocycles. The zero-order valence-electron chi connectivity index (χ0n) is 13.4. The first kappa shape index (κ1) is 15.3. The fourth-order valence-electron chi connectivity index (χ4n) is 2.95. The largest absolute Gasteiger partial charge is 0.326 e. The Bertz CT molecular complexity index is 768. The van der Waals surface area contributed by atoms with E-state index >= 15 is 0 Å². The molecule has 23 heavy (non-hydrogen) atoms. The second-order valence-corrected chi connectivity index (χ2v) is 6.01. The van der Waals surface area contributed by atoms with Crippen molar-refractivity contribution in [1.29, 1.82) is 0 Å². The second kappa shape index (κ2) is 6.24. The summed E-state index contributed by atoms with van der Waals surface area (Å²) < 4.78 is 0. The number of amides is 2. The number of fused-ring (bicyclic) bond motifs is 1. The maximum absolute atomic E-state index is 12.2. The maximum atomic E-state index is 12.2. The fourth-order valence-corrected chi connectivity index (χ4v) is 2.95. The number of nitrogens with one attached hydrogen (secondary N) is 1. The lowest BCUT2D eigenvalue weighted by Crippen LogP contribution is -2.31. The molecule has 0 saturated carbocycles. The van der Waals surface area contributed by atoms with Gasteiger partial charge in [0.2, 0.25) is 11.8 Å². The molecule has 0 spiro atoms. The number of hydrogen-bond acceptors (Lipinski definition) is 2. The minimum absolute atomic E-state index is 0.0317. The van der Waals surface area contributed by atoms with Gasteiger partial charge in [-0.15, -0.1) is 0 Å². The van der Waals surface area contributed by atoms with Gasteiger partial charge in [-0.3, -0.25) is 9.59 Å². The van der Waals surface area contributed by atoms with Gasteiger partial charge < -0.3 is 10.2 Å². The van der Waals surface area contributed by atoms with Crippen LogP contribution in [0.2, 0.25) is 0 Å². The van der Waals surface area contributed by atoms with Gasteiger partial charge >= 0.3 is 0 Å². The number of nitrogens with zero attached hydrogens (tertiary/aromatic N) is 1. The lowest BCUT2D eigenvalue weighted by Gasteiger charge is -2.26. The third kappa shape index (κ3) is 3.42. The zero-order chi connectivity index (χ0) is 16.4. The average molecular weight is 308 g/mol. The molecule has 2 amide bonds. The topological polar surface area (TPSA) is 49.4 Å². The minimum atomic E-state index is -0.0317. The molecule has 0 saturated heterocycles. The summed E-state index contributed by atoms with van der Waals surface area (Å²) >= 11 is 0. The van der Waals surface area contributed by atoms with Crippen molar-refractivity contribution in [2.75, 3.05) is 17.3 Å². The van der Waals surface area contributed by atoms with Crippen molar-refractivity contribution in [2.24, 2.45) is 0 Å². The van der Waals surface area contributed by atoms with Crippen molar-refractivity contribution < 1.29 is 9.59 Å². The molecule has 0 aromatic heterocycles. The summed E-state index contributed by atoms with van der Waals surface area (Å²) in [5, 5.41) is 2.94. The van der Waals surface area contributed by atoms with Crippen LogP contribution in [0.4, 0.5) is 11.4 Å². The van der Waals surface area contributed by atoms with Gasteiger partial charge in [0, 0.05) is 24.8 Å². The van der Waals surface area contributed by atoms with Gasteiger partial charge in [0.05, 0.1) is 6.42 Å². The van der Waals surface area contributed by atoms with E-state index in [-0.39, 0.29) is 11.8 Å². The van der Waals surface area contributed by atoms with Crippen molar-refractivity contribution in [3.63, 3.8) is 0 Å². The molecule has 2 aromatic carbocycles. The molecule has 0 atom stereocenters. The van der Waals surface area contributed by atoms with Crippen molar-refractivity contribution in [3.05, 3.63) is 59.2 Å². The van der Waals surface area contributed by atoms with Crippen molar-refractivity contribution in [1.82, 2.24) is 0 Å². The summed E-state index contributed by atoms with van der Waals surface area (Å²) in [6, 6.07) is 13.7. The Morgan fingerprint density at radius 2 is 2.00 bits per heavy atom. The van der Waals surface area contributed by atoms with Gasteiger partial charge in [-0.2, -0.15) is 0 Å². The van der Waals surface area contributed by atoms with Gasteiger partial charge in [-0.05, 0) is 42.7 Å². The summed E-state index contributed by atoms with van der Waals surface area (Å²) in [6.07, 6.45) is 1.60. The van der Waals surface area contributed by atoms with E-state index in [1.807, 2.05) is 49.4 Å². The molecule has 3 rings (SSSR count). The molecule has 1 aliphatic rings. The zero-order valence-corrected chi connectivity index (χ0v) is 13.4. The molecule has 0 fully saturated rings. The highest BCUT2D eigenvalue weighted by Gasteiger charge is 2.20. The van der Waals surface area contributed by atoms with Crippen LogP contribution in [0.5, 0.6) is 0 Å². The third-order valence-electron chi connectivity index (χ3n) is 4.15. The first-order valence-electron chi connectivity index (χ1n) is 7.78. The summed E-state index contributed by atoms with van der Waals surface area (Å²) in [6.45, 7) is 2.02. The Morgan fingerprint density at radius 3 is 2.78 bits per heavy atom. The number of anilines is 2. The number of carbonyl (C=O) groups is 2. The number of benzene rings is 2. The van der Waals surface area contributed by atoms with Crippen LogP contribution in [-0.4, -0.2) is 18.9 Å². The van der Waals surface area contributed by atoms with E-state index in [4.69, 9.17) is 0 Å². The van der Waals surface area contributed by atoms with Crippen LogP contribution in [0.1, 0.15) is 23.1 Å². The quantitative estimate of drug-likeness (QED) is 0.947. The molecule has 0 radical (unpaired) electrons. The highest BCUT2D eigenvalue weighted by Crippen LogP contribution is 2.29. The maximum Gasteiger partial charge on any atom is 0.228 e. The van der Waals surface area contributed by atoms with E-state index in [2.05, 4.69) is 5.32 Å². The van der Waals surface area contributed by atoms with Gasteiger partial charge in [0.15, 0.2) is 0 Å². The number of hydrogen-bond donors (Lipinski definition) is 1. The molecular formula is C19H20N2O2. The van der Waals surface area contributed by atoms with Gasteiger partial charge in [-0.25, -0.2) is 0 Å². The van der Waals surface area contributed by atoms with Gasteiger partial charge in [0.1, 0.15) is 0 Å². The molecule has 0 unspecified atom stereocenters. The second-order valence-electron chi connectivity index (χ2n) is 6.01. The number of carbonyl (C=O) groups excluding carboxylic acids is 2. The first-order valence-corrected chi connectivity index (χ1v) is 7.78. The molecule has 118 valence electrons. The summed E-state index contributed by atoms with van der Waals surface area (Å²) in [7, 11) is 1.79. The smallest absolute Gasteiger partial charge is 0.228 e. The van der Waals surface area contributed by atoms with E-state index < -0.39 is 0 Å².